The van der Waals surface area contributed by atoms with E-state index in [4.69, 9.17) is 8.83 Å². The van der Waals surface area contributed by atoms with Crippen molar-refractivity contribution in [3.8, 4) is 22.5 Å². The Balaban J connectivity index is 1.38. The number of aromatic nitrogens is 1. The highest BCUT2D eigenvalue weighted by atomic mass is 19.1. The van der Waals surface area contributed by atoms with Crippen LogP contribution in [0.1, 0.15) is 57.1 Å². The number of hydrogen-bond acceptors (Lipinski definition) is 5. The molecule has 1 aliphatic carbocycles. The van der Waals surface area contributed by atoms with Gasteiger partial charge in [-0.15, -0.1) is 0 Å². The number of nitrogens with zero attached hydrogens (tertiary/aromatic N) is 1. The molecular formula is C32H27FN2O4. The van der Waals surface area contributed by atoms with Crippen molar-refractivity contribution < 1.29 is 22.8 Å². The minimum absolute atomic E-state index is 0.0587. The Bertz CT molecular complexity index is 1740. The molecule has 0 atom stereocenters. The molecule has 39 heavy (non-hydrogen) atoms. The van der Waals surface area contributed by atoms with Crippen molar-refractivity contribution in [1.29, 1.82) is 0 Å². The fourth-order valence-corrected chi connectivity index (χ4v) is 5.22. The summed E-state index contributed by atoms with van der Waals surface area (Å²) in [6.45, 7) is 3.80. The van der Waals surface area contributed by atoms with Crippen LogP contribution in [0.2, 0.25) is 0 Å². The molecule has 0 aliphatic heterocycles. The molecule has 7 heteroatoms. The van der Waals surface area contributed by atoms with Gasteiger partial charge >= 0.3 is 0 Å². The number of furan rings is 1. The van der Waals surface area contributed by atoms with Crippen LogP contribution in [0.5, 0.6) is 0 Å². The smallest absolute Gasteiger partial charge is 0.255 e. The summed E-state index contributed by atoms with van der Waals surface area (Å²) < 4.78 is 25.0. The predicted molar refractivity (Wildman–Crippen MR) is 146 cm³/mol. The van der Waals surface area contributed by atoms with Crippen molar-refractivity contribution in [3.63, 3.8) is 0 Å². The van der Waals surface area contributed by atoms with Gasteiger partial charge in [-0.2, -0.15) is 0 Å². The van der Waals surface area contributed by atoms with Gasteiger partial charge in [0, 0.05) is 42.3 Å². The zero-order valence-corrected chi connectivity index (χ0v) is 21.9. The van der Waals surface area contributed by atoms with E-state index in [-0.39, 0.29) is 22.9 Å². The standard InChI is InChI=1S/C32H27FN2O4/c1-18-4-5-22(26(36)16-32(12-13-32)28-17-38-19(2)35-28)15-24(18)21-8-11-27-25(14-21)29(31(37)34-3)30(39-27)20-6-9-23(33)10-7-20/h4-11,14-15,17H,12-13,16H2,1-3H3,(H,34,37). The molecule has 3 aromatic carbocycles. The first-order valence-corrected chi connectivity index (χ1v) is 12.9. The topological polar surface area (TPSA) is 85.3 Å². The average Bonchev–Trinajstić information content (AvgIpc) is 3.40. The van der Waals surface area contributed by atoms with E-state index in [9.17, 15) is 14.0 Å². The largest absolute Gasteiger partial charge is 0.455 e. The number of carbonyl (C=O) groups excluding carboxylic acids is 2. The van der Waals surface area contributed by atoms with Crippen LogP contribution < -0.4 is 5.32 Å². The Labute approximate surface area is 224 Å². The second-order valence-corrected chi connectivity index (χ2v) is 10.3. The Morgan fingerprint density at radius 1 is 1.00 bits per heavy atom. The molecule has 196 valence electrons. The molecule has 6 nitrogen and oxygen atoms in total. The summed E-state index contributed by atoms with van der Waals surface area (Å²) in [6, 6.07) is 17.2. The lowest BCUT2D eigenvalue weighted by Gasteiger charge is -2.13. The van der Waals surface area contributed by atoms with Crippen molar-refractivity contribution in [2.45, 2.75) is 38.5 Å². The number of aryl methyl sites for hydroxylation is 2. The third-order valence-corrected chi connectivity index (χ3v) is 7.63. The van der Waals surface area contributed by atoms with E-state index < -0.39 is 0 Å². The fourth-order valence-electron chi connectivity index (χ4n) is 5.22. The van der Waals surface area contributed by atoms with Crippen LogP contribution in [0.3, 0.4) is 0 Å². The summed E-state index contributed by atoms with van der Waals surface area (Å²) in [4.78, 5) is 30.8. The van der Waals surface area contributed by atoms with Gasteiger partial charge in [-0.1, -0.05) is 18.2 Å². The van der Waals surface area contributed by atoms with Gasteiger partial charge in [-0.3, -0.25) is 9.59 Å². The van der Waals surface area contributed by atoms with Crippen LogP contribution in [0, 0.1) is 19.7 Å². The summed E-state index contributed by atoms with van der Waals surface area (Å²) in [5.74, 6) is 0.370. The SMILES string of the molecule is CNC(=O)c1c(-c2ccc(F)cc2)oc2ccc(-c3cc(C(=O)CC4(c5coc(C)n5)CC4)ccc3C)cc12. The molecule has 0 radical (unpaired) electrons. The highest BCUT2D eigenvalue weighted by Crippen LogP contribution is 2.51. The first-order valence-electron chi connectivity index (χ1n) is 12.9. The normalized spacial score (nSPS) is 13.9. The van der Waals surface area contributed by atoms with Crippen molar-refractivity contribution in [2.24, 2.45) is 0 Å². The van der Waals surface area contributed by atoms with E-state index in [0.29, 0.717) is 45.7 Å². The molecule has 0 saturated heterocycles. The number of Topliss-reactive ketones (excluding diaryl/α,β-unsaturated/α-hetero) is 1. The van der Waals surface area contributed by atoms with Crippen LogP contribution in [0.4, 0.5) is 4.39 Å². The molecule has 1 saturated carbocycles. The Morgan fingerprint density at radius 2 is 1.74 bits per heavy atom. The number of halogens is 1. The van der Waals surface area contributed by atoms with Gasteiger partial charge in [0.05, 0.1) is 11.3 Å². The van der Waals surface area contributed by atoms with Crippen LogP contribution in [-0.2, 0) is 5.41 Å². The number of hydrogen-bond donors (Lipinski definition) is 1. The molecule has 1 aliphatic rings. The van der Waals surface area contributed by atoms with Gasteiger partial charge < -0.3 is 14.2 Å². The van der Waals surface area contributed by atoms with Crippen molar-refractivity contribution >= 4 is 22.7 Å². The summed E-state index contributed by atoms with van der Waals surface area (Å²) in [7, 11) is 1.56. The molecule has 0 spiro atoms. The van der Waals surface area contributed by atoms with E-state index in [1.165, 1.54) is 12.1 Å². The maximum absolute atomic E-state index is 13.5. The Hall–Kier alpha value is -4.52. The summed E-state index contributed by atoms with van der Waals surface area (Å²) in [5, 5.41) is 3.33. The van der Waals surface area contributed by atoms with E-state index in [1.54, 1.807) is 25.4 Å². The first-order chi connectivity index (χ1) is 18.8. The van der Waals surface area contributed by atoms with E-state index in [0.717, 1.165) is 35.2 Å². The molecule has 2 heterocycles. The number of oxazole rings is 1. The Kier molecular flexibility index (Phi) is 5.94. The lowest BCUT2D eigenvalue weighted by Crippen LogP contribution is -2.18. The molecule has 2 aromatic heterocycles. The van der Waals surface area contributed by atoms with Crippen LogP contribution in [0.15, 0.2) is 75.8 Å². The summed E-state index contributed by atoms with van der Waals surface area (Å²) >= 11 is 0. The van der Waals surface area contributed by atoms with Gasteiger partial charge in [-0.25, -0.2) is 9.37 Å². The molecule has 0 unspecified atom stereocenters. The second-order valence-electron chi connectivity index (χ2n) is 10.3. The minimum atomic E-state index is -0.368. The van der Waals surface area contributed by atoms with Crippen molar-refractivity contribution in [3.05, 3.63) is 101 Å². The predicted octanol–water partition coefficient (Wildman–Crippen LogP) is 7.17. The molecule has 1 N–H and O–H groups in total. The third-order valence-electron chi connectivity index (χ3n) is 7.63. The van der Waals surface area contributed by atoms with Crippen LogP contribution in [0.25, 0.3) is 33.4 Å². The zero-order valence-electron chi connectivity index (χ0n) is 21.9. The molecular weight excluding hydrogens is 495 g/mol. The van der Waals surface area contributed by atoms with E-state index in [2.05, 4.69) is 10.3 Å². The van der Waals surface area contributed by atoms with Crippen LogP contribution in [-0.4, -0.2) is 23.7 Å². The number of rotatable bonds is 7. The summed E-state index contributed by atoms with van der Waals surface area (Å²) in [6.07, 6.45) is 3.88. The molecule has 0 bridgehead atoms. The first kappa shape index (κ1) is 24.8. The number of nitrogens with one attached hydrogen (secondary N) is 1. The van der Waals surface area contributed by atoms with Gasteiger partial charge in [0.1, 0.15) is 23.4 Å². The lowest BCUT2D eigenvalue weighted by molar-refractivity contribution is 0.0958. The van der Waals surface area contributed by atoms with Crippen molar-refractivity contribution in [2.75, 3.05) is 7.05 Å². The van der Waals surface area contributed by atoms with E-state index >= 15 is 0 Å². The summed E-state index contributed by atoms with van der Waals surface area (Å²) in [5.41, 5.74) is 5.53. The average molecular weight is 523 g/mol. The van der Waals surface area contributed by atoms with Crippen molar-refractivity contribution in [1.82, 2.24) is 10.3 Å². The highest BCUT2D eigenvalue weighted by Gasteiger charge is 2.48. The highest BCUT2D eigenvalue weighted by molar-refractivity contribution is 6.12. The number of carbonyl (C=O) groups is 2. The number of benzene rings is 3. The minimum Gasteiger partial charge on any atom is -0.455 e. The van der Waals surface area contributed by atoms with Gasteiger partial charge in [-0.05, 0) is 78.9 Å². The number of ketones is 1. The van der Waals surface area contributed by atoms with E-state index in [1.807, 2.05) is 50.2 Å². The monoisotopic (exact) mass is 522 g/mol. The van der Waals surface area contributed by atoms with Crippen LogP contribution >= 0.6 is 0 Å². The lowest BCUT2D eigenvalue weighted by atomic mass is 9.90. The Morgan fingerprint density at radius 3 is 2.41 bits per heavy atom. The quantitative estimate of drug-likeness (QED) is 0.229. The molecule has 5 aromatic rings. The molecule has 1 amide bonds. The second kappa shape index (κ2) is 9.34. The third kappa shape index (κ3) is 4.44. The molecule has 1 fully saturated rings. The molecule has 6 rings (SSSR count). The zero-order chi connectivity index (χ0) is 27.3. The number of amides is 1. The fraction of sp³-hybridized carbons (Fsp3) is 0.219. The maximum atomic E-state index is 13.5. The number of fused-ring (bicyclic) bond motifs is 1. The van der Waals surface area contributed by atoms with Gasteiger partial charge in [0.25, 0.3) is 5.91 Å². The van der Waals surface area contributed by atoms with Gasteiger partial charge in [0.15, 0.2) is 11.7 Å². The maximum Gasteiger partial charge on any atom is 0.255 e. The van der Waals surface area contributed by atoms with Gasteiger partial charge in [0.2, 0.25) is 0 Å².